The van der Waals surface area contributed by atoms with E-state index in [1.165, 1.54) is 25.7 Å². The Labute approximate surface area is 177 Å². The lowest BCUT2D eigenvalue weighted by Crippen LogP contribution is -2.38. The van der Waals surface area contributed by atoms with Gasteiger partial charge in [-0.2, -0.15) is 0 Å². The molecule has 0 bridgehead atoms. The van der Waals surface area contributed by atoms with Crippen molar-refractivity contribution in [3.05, 3.63) is 16.8 Å². The van der Waals surface area contributed by atoms with Gasteiger partial charge in [-0.05, 0) is 44.8 Å². The molecule has 2 aromatic heterocycles. The fourth-order valence-electron chi connectivity index (χ4n) is 4.89. The molecule has 7 heteroatoms. The normalized spacial score (nSPS) is 20.6. The Morgan fingerprint density at radius 1 is 1.14 bits per heavy atom. The van der Waals surface area contributed by atoms with Crippen molar-refractivity contribution in [3.8, 4) is 0 Å². The van der Waals surface area contributed by atoms with Crippen molar-refractivity contribution < 1.29 is 4.79 Å². The number of aromatic nitrogens is 2. The number of likely N-dealkylation sites (tertiary alicyclic amines) is 1. The van der Waals surface area contributed by atoms with Gasteiger partial charge in [0.25, 0.3) is 5.91 Å². The summed E-state index contributed by atoms with van der Waals surface area (Å²) in [5.74, 6) is 1.19. The van der Waals surface area contributed by atoms with Gasteiger partial charge in [0, 0.05) is 32.2 Å². The van der Waals surface area contributed by atoms with Gasteiger partial charge in [0.15, 0.2) is 0 Å². The Kier molecular flexibility index (Phi) is 6.35. The maximum atomic E-state index is 13.4. The van der Waals surface area contributed by atoms with E-state index in [-0.39, 0.29) is 5.91 Å². The highest BCUT2D eigenvalue weighted by molar-refractivity contribution is 7.20. The van der Waals surface area contributed by atoms with Gasteiger partial charge in [-0.1, -0.05) is 26.7 Å². The van der Waals surface area contributed by atoms with E-state index >= 15 is 0 Å². The first kappa shape index (κ1) is 20.5. The van der Waals surface area contributed by atoms with Crippen LogP contribution < -0.4 is 4.90 Å². The Morgan fingerprint density at radius 2 is 1.86 bits per heavy atom. The zero-order valence-corrected chi connectivity index (χ0v) is 18.8. The maximum Gasteiger partial charge on any atom is 0.264 e. The van der Waals surface area contributed by atoms with Gasteiger partial charge in [0.2, 0.25) is 0 Å². The number of amides is 1. The molecule has 2 saturated heterocycles. The van der Waals surface area contributed by atoms with Crippen molar-refractivity contribution in [3.63, 3.8) is 0 Å². The number of fused-ring (bicyclic) bond motifs is 1. The molecule has 6 nitrogen and oxygen atoms in total. The molecule has 0 saturated carbocycles. The SMILES string of the molecule is CCN(CC)C1CCN(C(=O)c2sc3ncnc(N4CCCCCC4)c3c2C)C1. The van der Waals surface area contributed by atoms with Crippen LogP contribution in [0, 0.1) is 6.92 Å². The molecule has 2 fully saturated rings. The minimum atomic E-state index is 0.168. The van der Waals surface area contributed by atoms with Crippen molar-refractivity contribution in [2.75, 3.05) is 44.2 Å². The molecule has 4 rings (SSSR count). The van der Waals surface area contributed by atoms with E-state index in [1.807, 2.05) is 4.90 Å². The smallest absolute Gasteiger partial charge is 0.264 e. The monoisotopic (exact) mass is 415 g/mol. The molecular formula is C22H33N5OS. The second kappa shape index (κ2) is 8.96. The van der Waals surface area contributed by atoms with E-state index in [1.54, 1.807) is 17.7 Å². The molecule has 0 N–H and O–H groups in total. The van der Waals surface area contributed by atoms with Crippen LogP contribution in [0.1, 0.15) is 61.2 Å². The second-order valence-electron chi connectivity index (χ2n) is 8.25. The quantitative estimate of drug-likeness (QED) is 0.740. The highest BCUT2D eigenvalue weighted by Crippen LogP contribution is 2.36. The summed E-state index contributed by atoms with van der Waals surface area (Å²) in [6, 6.07) is 0.482. The topological polar surface area (TPSA) is 52.6 Å². The van der Waals surface area contributed by atoms with E-state index in [4.69, 9.17) is 0 Å². The van der Waals surface area contributed by atoms with Crippen LogP contribution >= 0.6 is 11.3 Å². The molecule has 2 aromatic rings. The summed E-state index contributed by atoms with van der Waals surface area (Å²) in [5, 5.41) is 1.09. The molecular weight excluding hydrogens is 382 g/mol. The van der Waals surface area contributed by atoms with Gasteiger partial charge in [-0.25, -0.2) is 9.97 Å². The first-order valence-electron chi connectivity index (χ1n) is 11.2. The summed E-state index contributed by atoms with van der Waals surface area (Å²) < 4.78 is 0. The zero-order valence-electron chi connectivity index (χ0n) is 18.0. The van der Waals surface area contributed by atoms with Crippen LogP contribution in [-0.4, -0.2) is 71.0 Å². The van der Waals surface area contributed by atoms with Crippen molar-refractivity contribution in [1.29, 1.82) is 0 Å². The summed E-state index contributed by atoms with van der Waals surface area (Å²) in [7, 11) is 0. The minimum Gasteiger partial charge on any atom is -0.356 e. The number of carbonyl (C=O) groups excluding carboxylic acids is 1. The van der Waals surface area contributed by atoms with E-state index in [2.05, 4.69) is 40.5 Å². The number of thiophene rings is 1. The van der Waals surface area contributed by atoms with Crippen molar-refractivity contribution >= 4 is 33.3 Å². The largest absolute Gasteiger partial charge is 0.356 e. The molecule has 158 valence electrons. The molecule has 0 aromatic carbocycles. The lowest BCUT2D eigenvalue weighted by Gasteiger charge is -2.26. The molecule has 0 radical (unpaired) electrons. The molecule has 2 aliphatic heterocycles. The highest BCUT2D eigenvalue weighted by atomic mass is 32.1. The van der Waals surface area contributed by atoms with Crippen LogP contribution in [0.3, 0.4) is 0 Å². The van der Waals surface area contributed by atoms with Gasteiger partial charge < -0.3 is 9.80 Å². The Hall–Kier alpha value is -1.73. The van der Waals surface area contributed by atoms with E-state index in [0.717, 1.165) is 72.2 Å². The Bertz CT molecular complexity index is 854. The third-order valence-electron chi connectivity index (χ3n) is 6.59. The second-order valence-corrected chi connectivity index (χ2v) is 9.25. The standard InChI is InChI=1S/C22H33N5OS/c1-4-25(5-2)17-10-13-27(14-17)22(28)19-16(3)18-20(23-15-24-21(18)29-19)26-11-8-6-7-9-12-26/h15,17H,4-14H2,1-3H3. The molecule has 1 unspecified atom stereocenters. The first-order chi connectivity index (χ1) is 14.1. The third kappa shape index (κ3) is 3.99. The van der Waals surface area contributed by atoms with Crippen LogP contribution in [-0.2, 0) is 0 Å². The van der Waals surface area contributed by atoms with Crippen LogP contribution in [0.2, 0.25) is 0 Å². The van der Waals surface area contributed by atoms with Crippen LogP contribution in [0.5, 0.6) is 0 Å². The van der Waals surface area contributed by atoms with Gasteiger partial charge >= 0.3 is 0 Å². The van der Waals surface area contributed by atoms with Crippen molar-refractivity contribution in [1.82, 2.24) is 19.8 Å². The van der Waals surface area contributed by atoms with E-state index in [0.29, 0.717) is 6.04 Å². The number of nitrogens with zero attached hydrogens (tertiary/aromatic N) is 5. The van der Waals surface area contributed by atoms with Gasteiger partial charge in [0.05, 0.1) is 10.3 Å². The average Bonchev–Trinajstić information content (AvgIpc) is 3.24. The predicted molar refractivity (Wildman–Crippen MR) is 120 cm³/mol. The van der Waals surface area contributed by atoms with Crippen molar-refractivity contribution in [2.45, 2.75) is 58.9 Å². The number of likely N-dealkylation sites (N-methyl/N-ethyl adjacent to an activating group) is 1. The third-order valence-corrected chi connectivity index (χ3v) is 7.77. The van der Waals surface area contributed by atoms with E-state index < -0.39 is 0 Å². The molecule has 1 atom stereocenters. The average molecular weight is 416 g/mol. The van der Waals surface area contributed by atoms with Gasteiger partial charge in [0.1, 0.15) is 17.0 Å². The summed E-state index contributed by atoms with van der Waals surface area (Å²) in [6.07, 6.45) is 7.73. The molecule has 4 heterocycles. The van der Waals surface area contributed by atoms with Crippen LogP contribution in [0.25, 0.3) is 10.2 Å². The lowest BCUT2D eigenvalue weighted by molar-refractivity contribution is 0.0782. The van der Waals surface area contributed by atoms with E-state index in [9.17, 15) is 4.79 Å². The summed E-state index contributed by atoms with van der Waals surface area (Å²) in [6.45, 7) is 12.3. The number of aryl methyl sites for hydroxylation is 1. The molecule has 29 heavy (non-hydrogen) atoms. The number of hydrogen-bond donors (Lipinski definition) is 0. The fourth-order valence-corrected chi connectivity index (χ4v) is 6.00. The molecule has 0 spiro atoms. The van der Waals surface area contributed by atoms with Gasteiger partial charge in [-0.3, -0.25) is 9.69 Å². The maximum absolute atomic E-state index is 13.4. The lowest BCUT2D eigenvalue weighted by atomic mass is 10.1. The van der Waals surface area contributed by atoms with Gasteiger partial charge in [-0.15, -0.1) is 11.3 Å². The van der Waals surface area contributed by atoms with Crippen LogP contribution in [0.15, 0.2) is 6.33 Å². The fraction of sp³-hybridized carbons (Fsp3) is 0.682. The Balaban J connectivity index is 1.61. The number of carbonyl (C=O) groups is 1. The minimum absolute atomic E-state index is 0.168. The molecule has 1 amide bonds. The summed E-state index contributed by atoms with van der Waals surface area (Å²) in [4.78, 5) is 31.2. The predicted octanol–water partition coefficient (Wildman–Crippen LogP) is 3.94. The summed E-state index contributed by atoms with van der Waals surface area (Å²) in [5.41, 5.74) is 1.06. The Morgan fingerprint density at radius 3 is 2.55 bits per heavy atom. The number of rotatable bonds is 5. The number of anilines is 1. The molecule has 2 aliphatic rings. The van der Waals surface area contributed by atoms with Crippen molar-refractivity contribution in [2.24, 2.45) is 0 Å². The zero-order chi connectivity index (χ0) is 20.4. The molecule has 0 aliphatic carbocycles. The summed E-state index contributed by atoms with van der Waals surface area (Å²) >= 11 is 1.54. The highest BCUT2D eigenvalue weighted by Gasteiger charge is 2.32. The number of hydrogen-bond acceptors (Lipinski definition) is 6. The first-order valence-corrected chi connectivity index (χ1v) is 12.0. The van der Waals surface area contributed by atoms with Crippen LogP contribution in [0.4, 0.5) is 5.82 Å².